The molecule has 1 heterocycles. The Morgan fingerprint density at radius 1 is 1.25 bits per heavy atom. The van der Waals surface area contributed by atoms with Crippen molar-refractivity contribution in [3.05, 3.63) is 53.0 Å². The molecule has 1 aromatic heterocycles. The Hall–Kier alpha value is -2.27. The average Bonchev–Trinajstić information content (AvgIpc) is 2.92. The summed E-state index contributed by atoms with van der Waals surface area (Å²) in [6, 6.07) is 9.86. The summed E-state index contributed by atoms with van der Waals surface area (Å²) in [4.78, 5) is 11.6. The minimum Gasteiger partial charge on any atom is -0.491 e. The van der Waals surface area contributed by atoms with Crippen LogP contribution in [-0.2, 0) is 11.3 Å². The van der Waals surface area contributed by atoms with Gasteiger partial charge in [0.05, 0.1) is 19.8 Å². The lowest BCUT2D eigenvalue weighted by atomic mass is 10.1. The number of methoxy groups -OCH3 is 1. The van der Waals surface area contributed by atoms with E-state index in [0.717, 1.165) is 11.3 Å². The molecule has 0 fully saturated rings. The van der Waals surface area contributed by atoms with Gasteiger partial charge < -0.3 is 19.2 Å². The third-order valence-electron chi connectivity index (χ3n) is 3.69. The maximum Gasteiger partial charge on any atom is 0.341 e. The summed E-state index contributed by atoms with van der Waals surface area (Å²) >= 11 is 0. The zero-order valence-electron chi connectivity index (χ0n) is 14.9. The molecule has 1 unspecified atom stereocenters. The van der Waals surface area contributed by atoms with Crippen LogP contribution in [0.2, 0.25) is 0 Å². The molecule has 0 aliphatic rings. The van der Waals surface area contributed by atoms with E-state index in [-0.39, 0.29) is 18.1 Å². The van der Waals surface area contributed by atoms with Crippen molar-refractivity contribution in [3.63, 3.8) is 0 Å². The van der Waals surface area contributed by atoms with E-state index in [4.69, 9.17) is 13.9 Å². The minimum absolute atomic E-state index is 0.118. The number of ether oxygens (including phenoxy) is 2. The van der Waals surface area contributed by atoms with Crippen LogP contribution in [0.25, 0.3) is 0 Å². The second-order valence-electron chi connectivity index (χ2n) is 6.02. The topological polar surface area (TPSA) is 60.7 Å². The van der Waals surface area contributed by atoms with Gasteiger partial charge in [0.15, 0.2) is 0 Å². The summed E-state index contributed by atoms with van der Waals surface area (Å²) in [5.74, 6) is 1.75. The molecule has 0 aliphatic carbocycles. The number of rotatable bonds is 7. The van der Waals surface area contributed by atoms with Gasteiger partial charge in [0.2, 0.25) is 0 Å². The lowest BCUT2D eigenvalue weighted by Crippen LogP contribution is -2.18. The molecule has 0 radical (unpaired) electrons. The molecule has 24 heavy (non-hydrogen) atoms. The number of carbonyl (C=O) groups excluding carboxylic acids is 1. The number of hydrogen-bond acceptors (Lipinski definition) is 5. The molecule has 2 aromatic rings. The normalized spacial score (nSPS) is 12.2. The molecule has 5 heteroatoms. The summed E-state index contributed by atoms with van der Waals surface area (Å²) in [5.41, 5.74) is 1.60. The number of esters is 1. The van der Waals surface area contributed by atoms with Crippen molar-refractivity contribution < 1.29 is 18.7 Å². The van der Waals surface area contributed by atoms with Crippen molar-refractivity contribution in [2.75, 3.05) is 7.11 Å². The highest BCUT2D eigenvalue weighted by molar-refractivity contribution is 5.90. The lowest BCUT2D eigenvalue weighted by Gasteiger charge is -2.16. The summed E-state index contributed by atoms with van der Waals surface area (Å²) in [7, 11) is 1.36. The van der Waals surface area contributed by atoms with Gasteiger partial charge in [0, 0.05) is 6.04 Å². The minimum atomic E-state index is -0.380. The van der Waals surface area contributed by atoms with Crippen LogP contribution >= 0.6 is 0 Å². The molecule has 0 bridgehead atoms. The molecule has 5 nitrogen and oxygen atoms in total. The molecule has 1 N–H and O–H groups in total. The molecule has 1 atom stereocenters. The van der Waals surface area contributed by atoms with Crippen LogP contribution in [0.1, 0.15) is 54.3 Å². The van der Waals surface area contributed by atoms with E-state index < -0.39 is 0 Å². The van der Waals surface area contributed by atoms with Crippen molar-refractivity contribution in [2.45, 2.75) is 46.4 Å². The second kappa shape index (κ2) is 8.02. The fraction of sp³-hybridized carbons (Fsp3) is 0.421. The molecule has 0 saturated heterocycles. The van der Waals surface area contributed by atoms with E-state index in [1.54, 1.807) is 13.0 Å². The van der Waals surface area contributed by atoms with Gasteiger partial charge >= 0.3 is 5.97 Å². The van der Waals surface area contributed by atoms with E-state index in [2.05, 4.69) is 18.3 Å². The second-order valence-corrected chi connectivity index (χ2v) is 6.02. The molecule has 130 valence electrons. The first-order valence-corrected chi connectivity index (χ1v) is 8.08. The average molecular weight is 331 g/mol. The molecule has 0 spiro atoms. The van der Waals surface area contributed by atoms with Crippen LogP contribution in [0.5, 0.6) is 5.75 Å². The van der Waals surface area contributed by atoms with Gasteiger partial charge in [0.25, 0.3) is 0 Å². The van der Waals surface area contributed by atoms with Crippen molar-refractivity contribution >= 4 is 5.97 Å². The van der Waals surface area contributed by atoms with Crippen LogP contribution in [0.4, 0.5) is 0 Å². The fourth-order valence-electron chi connectivity index (χ4n) is 2.44. The van der Waals surface area contributed by atoms with Gasteiger partial charge in [-0.3, -0.25) is 0 Å². The predicted octanol–water partition coefficient (Wildman–Crippen LogP) is 4.01. The number of furan rings is 1. The Kier molecular flexibility index (Phi) is 6.04. The molecule has 0 amide bonds. The van der Waals surface area contributed by atoms with Crippen LogP contribution in [0.3, 0.4) is 0 Å². The summed E-state index contributed by atoms with van der Waals surface area (Å²) in [6.45, 7) is 8.37. The molecule has 0 saturated carbocycles. The Morgan fingerprint density at radius 3 is 2.67 bits per heavy atom. The number of hydrogen-bond donors (Lipinski definition) is 1. The summed E-state index contributed by atoms with van der Waals surface area (Å²) in [6.07, 6.45) is 0.145. The number of nitrogens with one attached hydrogen (secondary N) is 1. The molecule has 0 aliphatic heterocycles. The van der Waals surface area contributed by atoms with Gasteiger partial charge in [-0.15, -0.1) is 0 Å². The molecule has 1 aromatic carbocycles. The first kappa shape index (κ1) is 18.1. The Balaban J connectivity index is 2.00. The van der Waals surface area contributed by atoms with Crippen LogP contribution < -0.4 is 10.1 Å². The van der Waals surface area contributed by atoms with Crippen LogP contribution in [0, 0.1) is 6.92 Å². The maximum absolute atomic E-state index is 11.6. The van der Waals surface area contributed by atoms with Crippen LogP contribution in [-0.4, -0.2) is 19.2 Å². The zero-order chi connectivity index (χ0) is 17.7. The third kappa shape index (κ3) is 4.61. The monoisotopic (exact) mass is 331 g/mol. The highest BCUT2D eigenvalue weighted by Gasteiger charge is 2.16. The van der Waals surface area contributed by atoms with Crippen molar-refractivity contribution in [2.24, 2.45) is 0 Å². The lowest BCUT2D eigenvalue weighted by molar-refractivity contribution is 0.0599. The first-order valence-electron chi connectivity index (χ1n) is 8.08. The fourth-order valence-corrected chi connectivity index (χ4v) is 2.44. The van der Waals surface area contributed by atoms with Crippen molar-refractivity contribution in [1.82, 2.24) is 5.32 Å². The van der Waals surface area contributed by atoms with E-state index in [9.17, 15) is 4.79 Å². The van der Waals surface area contributed by atoms with Gasteiger partial charge in [-0.1, -0.05) is 12.1 Å². The smallest absolute Gasteiger partial charge is 0.341 e. The van der Waals surface area contributed by atoms with Crippen molar-refractivity contribution in [3.8, 4) is 5.75 Å². The molecule has 2 rings (SSSR count). The Morgan fingerprint density at radius 2 is 2.00 bits per heavy atom. The molecular weight excluding hydrogens is 306 g/mol. The Bertz CT molecular complexity index is 690. The van der Waals surface area contributed by atoms with Crippen molar-refractivity contribution in [1.29, 1.82) is 0 Å². The third-order valence-corrected chi connectivity index (χ3v) is 3.69. The van der Waals surface area contributed by atoms with E-state index >= 15 is 0 Å². The maximum atomic E-state index is 11.6. The summed E-state index contributed by atoms with van der Waals surface area (Å²) in [5, 5.41) is 3.39. The SMILES string of the molecule is COC(=O)c1cc(CNC(C)c2cccc(OC(C)C)c2)oc1C. The van der Waals surface area contributed by atoms with Gasteiger partial charge in [0.1, 0.15) is 22.8 Å². The zero-order valence-corrected chi connectivity index (χ0v) is 14.9. The Labute approximate surface area is 143 Å². The predicted molar refractivity (Wildman–Crippen MR) is 92.2 cm³/mol. The summed E-state index contributed by atoms with van der Waals surface area (Å²) < 4.78 is 16.1. The quantitative estimate of drug-likeness (QED) is 0.777. The van der Waals surface area contributed by atoms with Gasteiger partial charge in [-0.2, -0.15) is 0 Å². The van der Waals surface area contributed by atoms with Gasteiger partial charge in [-0.05, 0) is 51.5 Å². The van der Waals surface area contributed by atoms with Crippen LogP contribution in [0.15, 0.2) is 34.7 Å². The highest BCUT2D eigenvalue weighted by atomic mass is 16.5. The first-order chi connectivity index (χ1) is 11.4. The van der Waals surface area contributed by atoms with E-state index in [0.29, 0.717) is 23.6 Å². The van der Waals surface area contributed by atoms with E-state index in [1.165, 1.54) is 7.11 Å². The number of aryl methyl sites for hydroxylation is 1. The standard InChI is InChI=1S/C19H25NO4/c1-12(2)23-16-8-6-7-15(9-16)13(3)20-11-17-10-18(14(4)24-17)19(21)22-5/h6-10,12-13,20H,11H2,1-5H3. The molecular formula is C19H25NO4. The van der Waals surface area contributed by atoms with E-state index in [1.807, 2.05) is 32.0 Å². The largest absolute Gasteiger partial charge is 0.491 e. The number of carbonyl (C=O) groups is 1. The van der Waals surface area contributed by atoms with Gasteiger partial charge in [-0.25, -0.2) is 4.79 Å². The number of benzene rings is 1. The highest BCUT2D eigenvalue weighted by Crippen LogP contribution is 2.21.